The number of halogens is 1. The van der Waals surface area contributed by atoms with Gasteiger partial charge in [-0.3, -0.25) is 4.79 Å². The van der Waals surface area contributed by atoms with Gasteiger partial charge < -0.3 is 10.5 Å². The molecule has 0 spiro atoms. The lowest BCUT2D eigenvalue weighted by Crippen LogP contribution is -2.31. The summed E-state index contributed by atoms with van der Waals surface area (Å²) >= 11 is 0. The minimum Gasteiger partial charge on any atom is -0.464 e. The number of carbonyl (C=O) groups excluding carboxylic acids is 1. The van der Waals surface area contributed by atoms with Gasteiger partial charge in [-0.25, -0.2) is 0 Å². The molecule has 0 aliphatic heterocycles. The summed E-state index contributed by atoms with van der Waals surface area (Å²) < 4.78 is 4.90. The molecule has 0 aliphatic rings. The number of ether oxygens (including phenoxy) is 1. The van der Waals surface area contributed by atoms with E-state index >= 15 is 0 Å². The first-order valence-corrected chi connectivity index (χ1v) is 3.75. The third kappa shape index (κ3) is 7.82. The number of hydrogen-bond acceptors (Lipinski definition) is 3. The van der Waals surface area contributed by atoms with Crippen molar-refractivity contribution in [3.63, 3.8) is 0 Å². The maximum absolute atomic E-state index is 10.8. The standard InChI is InChI=1S/C8H17NO2.ClH/c1-6(9)7(10)11-5-8(2,3)4;/h6H,5,9H2,1-4H3;1H/t6-;/m1./s1. The van der Waals surface area contributed by atoms with Gasteiger partial charge in [0.05, 0.1) is 6.61 Å². The molecule has 1 atom stereocenters. The van der Waals surface area contributed by atoms with Crippen LogP contribution in [-0.4, -0.2) is 18.6 Å². The summed E-state index contributed by atoms with van der Waals surface area (Å²) in [6.45, 7) is 8.04. The molecule has 0 saturated carbocycles. The summed E-state index contributed by atoms with van der Waals surface area (Å²) in [5.74, 6) is -0.333. The van der Waals surface area contributed by atoms with Gasteiger partial charge in [0.1, 0.15) is 6.04 Å². The number of esters is 1. The predicted octanol–water partition coefficient (Wildman–Crippen LogP) is 1.34. The predicted molar refractivity (Wildman–Crippen MR) is 51.3 cm³/mol. The van der Waals surface area contributed by atoms with Gasteiger partial charge in [0.2, 0.25) is 0 Å². The van der Waals surface area contributed by atoms with Gasteiger partial charge in [-0.05, 0) is 12.3 Å². The van der Waals surface area contributed by atoms with Crippen molar-refractivity contribution in [1.29, 1.82) is 0 Å². The third-order valence-electron chi connectivity index (χ3n) is 1.02. The van der Waals surface area contributed by atoms with Crippen LogP contribution < -0.4 is 5.73 Å². The van der Waals surface area contributed by atoms with E-state index in [0.29, 0.717) is 6.61 Å². The number of rotatable bonds is 2. The Morgan fingerprint density at radius 3 is 2.17 bits per heavy atom. The molecule has 0 bridgehead atoms. The van der Waals surface area contributed by atoms with E-state index in [0.717, 1.165) is 0 Å². The normalized spacial score (nSPS) is 13.1. The third-order valence-corrected chi connectivity index (χ3v) is 1.02. The Labute approximate surface area is 80.1 Å². The van der Waals surface area contributed by atoms with Crippen molar-refractivity contribution >= 4 is 18.4 Å². The Morgan fingerprint density at radius 2 is 1.92 bits per heavy atom. The summed E-state index contributed by atoms with van der Waals surface area (Å²) in [6.07, 6.45) is 0. The molecule has 12 heavy (non-hydrogen) atoms. The molecule has 0 heterocycles. The molecule has 0 fully saturated rings. The first kappa shape index (κ1) is 14.3. The van der Waals surface area contributed by atoms with Crippen LogP contribution in [0.3, 0.4) is 0 Å². The van der Waals surface area contributed by atoms with Gasteiger partial charge in [0.15, 0.2) is 0 Å². The molecule has 3 nitrogen and oxygen atoms in total. The van der Waals surface area contributed by atoms with Crippen molar-refractivity contribution in [2.24, 2.45) is 11.1 Å². The average molecular weight is 196 g/mol. The van der Waals surface area contributed by atoms with Crippen LogP contribution in [0, 0.1) is 5.41 Å². The fourth-order valence-electron chi connectivity index (χ4n) is 0.419. The summed E-state index contributed by atoms with van der Waals surface area (Å²) in [4.78, 5) is 10.8. The van der Waals surface area contributed by atoms with Crippen LogP contribution >= 0.6 is 12.4 Å². The minimum atomic E-state index is -0.516. The molecule has 0 saturated heterocycles. The second-order valence-corrected chi connectivity index (χ2v) is 3.96. The average Bonchev–Trinajstić information content (AvgIpc) is 1.80. The SMILES string of the molecule is C[C@@H](N)C(=O)OCC(C)(C)C.Cl. The van der Waals surface area contributed by atoms with E-state index in [-0.39, 0.29) is 23.8 Å². The van der Waals surface area contributed by atoms with Crippen molar-refractivity contribution in [2.45, 2.75) is 33.7 Å². The highest BCUT2D eigenvalue weighted by molar-refractivity contribution is 5.85. The Morgan fingerprint density at radius 1 is 1.50 bits per heavy atom. The van der Waals surface area contributed by atoms with Gasteiger partial charge in [-0.1, -0.05) is 20.8 Å². The van der Waals surface area contributed by atoms with Crippen LogP contribution in [0.25, 0.3) is 0 Å². The molecule has 4 heteroatoms. The Kier molecular flexibility index (Phi) is 6.39. The number of hydrogen-bond donors (Lipinski definition) is 1. The van der Waals surface area contributed by atoms with E-state index in [4.69, 9.17) is 10.5 Å². The molecule has 0 aliphatic carbocycles. The van der Waals surface area contributed by atoms with Crippen molar-refractivity contribution < 1.29 is 9.53 Å². The molecule has 2 N–H and O–H groups in total. The molecule has 0 unspecified atom stereocenters. The van der Waals surface area contributed by atoms with E-state index in [9.17, 15) is 4.79 Å². The summed E-state index contributed by atoms with van der Waals surface area (Å²) in [5.41, 5.74) is 5.31. The Bertz CT molecular complexity index is 140. The van der Waals surface area contributed by atoms with Crippen LogP contribution in [-0.2, 0) is 9.53 Å². The van der Waals surface area contributed by atoms with Gasteiger partial charge in [0, 0.05) is 0 Å². The molecule has 0 radical (unpaired) electrons. The maximum Gasteiger partial charge on any atom is 0.322 e. The summed E-state index contributed by atoms with van der Waals surface area (Å²) in [6, 6.07) is -0.516. The van der Waals surface area contributed by atoms with Crippen LogP contribution in [0.1, 0.15) is 27.7 Å². The van der Waals surface area contributed by atoms with Gasteiger partial charge in [-0.15, -0.1) is 12.4 Å². The quantitative estimate of drug-likeness (QED) is 0.677. The van der Waals surface area contributed by atoms with Crippen molar-refractivity contribution in [3.8, 4) is 0 Å². The maximum atomic E-state index is 10.8. The monoisotopic (exact) mass is 195 g/mol. The fourth-order valence-corrected chi connectivity index (χ4v) is 0.419. The first-order valence-electron chi connectivity index (χ1n) is 3.75. The molecule has 0 rings (SSSR count). The zero-order valence-corrected chi connectivity index (χ0v) is 8.90. The zero-order chi connectivity index (χ0) is 9.07. The Hall–Kier alpha value is -0.280. The van der Waals surface area contributed by atoms with Crippen molar-refractivity contribution in [2.75, 3.05) is 6.61 Å². The minimum absolute atomic E-state index is 0. The first-order chi connectivity index (χ1) is 4.83. The second-order valence-electron chi connectivity index (χ2n) is 3.96. The topological polar surface area (TPSA) is 52.3 Å². The molecule has 0 aromatic rings. The van der Waals surface area contributed by atoms with Crippen LogP contribution in [0.4, 0.5) is 0 Å². The van der Waals surface area contributed by atoms with E-state index in [2.05, 4.69) is 0 Å². The highest BCUT2D eigenvalue weighted by atomic mass is 35.5. The lowest BCUT2D eigenvalue weighted by molar-refractivity contribution is -0.147. The zero-order valence-electron chi connectivity index (χ0n) is 8.09. The van der Waals surface area contributed by atoms with Crippen molar-refractivity contribution in [3.05, 3.63) is 0 Å². The molecular weight excluding hydrogens is 178 g/mol. The molecule has 74 valence electrons. The summed E-state index contributed by atoms with van der Waals surface area (Å²) in [7, 11) is 0. The Balaban J connectivity index is 0. The molecule has 0 aromatic carbocycles. The van der Waals surface area contributed by atoms with Crippen molar-refractivity contribution in [1.82, 2.24) is 0 Å². The van der Waals surface area contributed by atoms with E-state index < -0.39 is 6.04 Å². The number of carbonyl (C=O) groups is 1. The van der Waals surface area contributed by atoms with Crippen LogP contribution in [0.2, 0.25) is 0 Å². The molecular formula is C8H18ClNO2. The molecule has 0 amide bonds. The van der Waals surface area contributed by atoms with Gasteiger partial charge >= 0.3 is 5.97 Å². The van der Waals surface area contributed by atoms with Gasteiger partial charge in [-0.2, -0.15) is 0 Å². The lowest BCUT2D eigenvalue weighted by atomic mass is 9.99. The lowest BCUT2D eigenvalue weighted by Gasteiger charge is -2.18. The highest BCUT2D eigenvalue weighted by Crippen LogP contribution is 2.12. The second kappa shape index (κ2) is 5.38. The van der Waals surface area contributed by atoms with Crippen LogP contribution in [0.15, 0.2) is 0 Å². The van der Waals surface area contributed by atoms with E-state index in [1.807, 2.05) is 20.8 Å². The van der Waals surface area contributed by atoms with E-state index in [1.54, 1.807) is 6.92 Å². The number of nitrogens with two attached hydrogens (primary N) is 1. The molecule has 0 aromatic heterocycles. The summed E-state index contributed by atoms with van der Waals surface area (Å²) in [5, 5.41) is 0. The largest absolute Gasteiger partial charge is 0.464 e. The van der Waals surface area contributed by atoms with E-state index in [1.165, 1.54) is 0 Å². The fraction of sp³-hybridized carbons (Fsp3) is 0.875. The smallest absolute Gasteiger partial charge is 0.322 e. The van der Waals surface area contributed by atoms with Crippen LogP contribution in [0.5, 0.6) is 0 Å². The van der Waals surface area contributed by atoms with Gasteiger partial charge in [0.25, 0.3) is 0 Å². The highest BCUT2D eigenvalue weighted by Gasteiger charge is 2.15.